The van der Waals surface area contributed by atoms with Crippen LogP contribution in [0.2, 0.25) is 0 Å². The van der Waals surface area contributed by atoms with Crippen molar-refractivity contribution in [2.75, 3.05) is 6.54 Å². The summed E-state index contributed by atoms with van der Waals surface area (Å²) in [5.41, 5.74) is 2.51. The van der Waals surface area contributed by atoms with Gasteiger partial charge in [-0.05, 0) is 43.0 Å². The van der Waals surface area contributed by atoms with Gasteiger partial charge in [-0.1, -0.05) is 36.4 Å². The van der Waals surface area contributed by atoms with Gasteiger partial charge in [0.05, 0.1) is 0 Å². The van der Waals surface area contributed by atoms with Crippen LogP contribution in [0.25, 0.3) is 11.1 Å². The van der Waals surface area contributed by atoms with Crippen LogP contribution in [-0.4, -0.2) is 33.8 Å². The van der Waals surface area contributed by atoms with E-state index in [-0.39, 0.29) is 11.7 Å². The predicted molar refractivity (Wildman–Crippen MR) is 89.4 cm³/mol. The van der Waals surface area contributed by atoms with Crippen molar-refractivity contribution in [1.29, 1.82) is 0 Å². The molecule has 1 fully saturated rings. The van der Waals surface area contributed by atoms with Gasteiger partial charge in [0.1, 0.15) is 17.1 Å². The number of amidine groups is 1. The van der Waals surface area contributed by atoms with Crippen LogP contribution in [0, 0.1) is 0 Å². The van der Waals surface area contributed by atoms with Crippen molar-refractivity contribution in [1.82, 2.24) is 4.90 Å². The van der Waals surface area contributed by atoms with Gasteiger partial charge >= 0.3 is 0 Å². The second-order valence-electron chi connectivity index (χ2n) is 6.14. The molecule has 1 spiro atoms. The summed E-state index contributed by atoms with van der Waals surface area (Å²) in [6.45, 7) is 2.63. The van der Waals surface area contributed by atoms with Crippen LogP contribution in [0.5, 0.6) is 5.75 Å². The number of amides is 1. The third-order valence-electron chi connectivity index (χ3n) is 4.58. The maximum Gasteiger partial charge on any atom is 0.256 e. The zero-order valence-electron chi connectivity index (χ0n) is 13.0. The van der Waals surface area contributed by atoms with Crippen LogP contribution in [0.4, 0.5) is 0 Å². The first-order valence-electron chi connectivity index (χ1n) is 7.95. The number of carbonyl (C=O) groups is 1. The van der Waals surface area contributed by atoms with E-state index in [1.165, 1.54) is 0 Å². The zero-order valence-corrected chi connectivity index (χ0v) is 13.0. The maximum atomic E-state index is 12.4. The molecule has 1 N–H and O–H groups in total. The summed E-state index contributed by atoms with van der Waals surface area (Å²) in [5, 5.41) is 9.60. The molecule has 0 saturated heterocycles. The molecule has 2 aromatic rings. The zero-order chi connectivity index (χ0) is 16.0. The number of aliphatic imine (C=N–C) groups is 1. The van der Waals surface area contributed by atoms with Crippen molar-refractivity contribution < 1.29 is 9.90 Å². The molecule has 23 heavy (non-hydrogen) atoms. The normalized spacial score (nSPS) is 18.4. The van der Waals surface area contributed by atoms with Gasteiger partial charge in [0.2, 0.25) is 0 Å². The molecule has 1 aliphatic heterocycles. The molecule has 0 unspecified atom stereocenters. The van der Waals surface area contributed by atoms with Crippen LogP contribution in [-0.2, 0) is 4.79 Å². The lowest BCUT2D eigenvalue weighted by Gasteiger charge is -2.17. The minimum atomic E-state index is -0.449. The number of phenols is 1. The third-order valence-corrected chi connectivity index (χ3v) is 4.58. The summed E-state index contributed by atoms with van der Waals surface area (Å²) in [4.78, 5) is 18.9. The average Bonchev–Trinajstić information content (AvgIpc) is 3.29. The lowest BCUT2D eigenvalue weighted by atomic mass is 10.0. The Morgan fingerprint density at radius 1 is 1.09 bits per heavy atom. The lowest BCUT2D eigenvalue weighted by Crippen LogP contribution is -2.36. The molecule has 2 aliphatic rings. The lowest BCUT2D eigenvalue weighted by molar-refractivity contribution is -0.128. The molecule has 1 heterocycles. The number of hydrogen-bond acceptors (Lipinski definition) is 3. The largest absolute Gasteiger partial charge is 0.508 e. The highest BCUT2D eigenvalue weighted by atomic mass is 16.3. The van der Waals surface area contributed by atoms with E-state index in [1.54, 1.807) is 17.0 Å². The van der Waals surface area contributed by atoms with E-state index in [4.69, 9.17) is 4.99 Å². The second-order valence-corrected chi connectivity index (χ2v) is 6.14. The first-order valence-corrected chi connectivity index (χ1v) is 7.95. The van der Waals surface area contributed by atoms with Crippen molar-refractivity contribution in [2.24, 2.45) is 4.99 Å². The second kappa shape index (κ2) is 4.95. The Kier molecular flexibility index (Phi) is 3.01. The van der Waals surface area contributed by atoms with Gasteiger partial charge in [0, 0.05) is 12.1 Å². The van der Waals surface area contributed by atoms with Crippen molar-refractivity contribution >= 4 is 11.7 Å². The van der Waals surface area contributed by atoms with Gasteiger partial charge < -0.3 is 5.11 Å². The van der Waals surface area contributed by atoms with E-state index in [0.29, 0.717) is 6.54 Å². The van der Waals surface area contributed by atoms with Gasteiger partial charge in [-0.25, -0.2) is 0 Å². The van der Waals surface area contributed by atoms with E-state index < -0.39 is 5.54 Å². The monoisotopic (exact) mass is 306 g/mol. The van der Waals surface area contributed by atoms with Gasteiger partial charge in [-0.3, -0.25) is 14.7 Å². The number of carbonyl (C=O) groups excluding carboxylic acids is 1. The van der Waals surface area contributed by atoms with Crippen molar-refractivity contribution in [2.45, 2.75) is 25.3 Å². The maximum absolute atomic E-state index is 12.4. The number of nitrogens with zero attached hydrogens (tertiary/aromatic N) is 2. The molecule has 1 saturated carbocycles. The van der Waals surface area contributed by atoms with Crippen molar-refractivity contribution in [3.05, 3.63) is 54.1 Å². The number of phenolic OH excluding ortho intramolecular Hbond substituents is 1. The molecule has 1 aliphatic carbocycles. The molecule has 4 rings (SSSR count). The molecule has 4 heteroatoms. The molecule has 0 aromatic heterocycles. The minimum Gasteiger partial charge on any atom is -0.508 e. The molecule has 0 atom stereocenters. The SMILES string of the molecule is CCN1C(=O)C2(CC2)N=C1c1ccc(-c2cccc(O)c2)cc1. The van der Waals surface area contributed by atoms with E-state index >= 15 is 0 Å². The molecule has 4 nitrogen and oxygen atoms in total. The fraction of sp³-hybridized carbons (Fsp3) is 0.263. The Labute approximate surface area is 135 Å². The van der Waals surface area contributed by atoms with Crippen molar-refractivity contribution in [3.8, 4) is 16.9 Å². The smallest absolute Gasteiger partial charge is 0.256 e. The summed E-state index contributed by atoms with van der Waals surface area (Å²) < 4.78 is 0. The quantitative estimate of drug-likeness (QED) is 0.946. The van der Waals surface area contributed by atoms with Crippen LogP contribution in [0.1, 0.15) is 25.3 Å². The molecular weight excluding hydrogens is 288 g/mol. The highest BCUT2D eigenvalue weighted by Gasteiger charge is 2.56. The molecule has 116 valence electrons. The summed E-state index contributed by atoms with van der Waals surface area (Å²) in [6, 6.07) is 15.2. The van der Waals surface area contributed by atoms with Gasteiger partial charge in [-0.2, -0.15) is 0 Å². The number of hydrogen-bond donors (Lipinski definition) is 1. The van der Waals surface area contributed by atoms with Crippen LogP contribution >= 0.6 is 0 Å². The molecular formula is C19H18N2O2. The minimum absolute atomic E-state index is 0.145. The summed E-state index contributed by atoms with van der Waals surface area (Å²) in [5.74, 6) is 1.19. The summed E-state index contributed by atoms with van der Waals surface area (Å²) >= 11 is 0. The van der Waals surface area contributed by atoms with E-state index in [9.17, 15) is 9.90 Å². The molecule has 0 bridgehead atoms. The van der Waals surface area contributed by atoms with Crippen LogP contribution in [0.3, 0.4) is 0 Å². The highest BCUT2D eigenvalue weighted by molar-refractivity contribution is 6.16. The number of rotatable bonds is 3. The Bertz CT molecular complexity index is 804. The summed E-state index contributed by atoms with van der Waals surface area (Å²) in [7, 11) is 0. The van der Waals surface area contributed by atoms with E-state index in [0.717, 1.165) is 35.4 Å². The Morgan fingerprint density at radius 3 is 2.39 bits per heavy atom. The third kappa shape index (κ3) is 2.22. The number of benzene rings is 2. The Balaban J connectivity index is 1.67. The molecule has 2 aromatic carbocycles. The fourth-order valence-corrected chi connectivity index (χ4v) is 3.11. The van der Waals surface area contributed by atoms with Crippen molar-refractivity contribution in [3.63, 3.8) is 0 Å². The predicted octanol–water partition coefficient (Wildman–Crippen LogP) is 3.20. The van der Waals surface area contributed by atoms with Gasteiger partial charge in [0.25, 0.3) is 5.91 Å². The highest BCUT2D eigenvalue weighted by Crippen LogP contribution is 2.45. The molecule has 1 amide bonds. The van der Waals surface area contributed by atoms with E-state index in [1.807, 2.05) is 43.3 Å². The molecule has 0 radical (unpaired) electrons. The van der Waals surface area contributed by atoms with Crippen LogP contribution < -0.4 is 0 Å². The van der Waals surface area contributed by atoms with Crippen LogP contribution in [0.15, 0.2) is 53.5 Å². The number of aromatic hydroxyl groups is 1. The van der Waals surface area contributed by atoms with Gasteiger partial charge in [-0.15, -0.1) is 0 Å². The first kappa shape index (κ1) is 14.0. The summed E-state index contributed by atoms with van der Waals surface area (Å²) in [6.07, 6.45) is 1.74. The fourth-order valence-electron chi connectivity index (χ4n) is 3.11. The first-order chi connectivity index (χ1) is 11.1. The van der Waals surface area contributed by atoms with E-state index in [2.05, 4.69) is 0 Å². The average molecular weight is 306 g/mol. The standard InChI is InChI=1S/C19H18N2O2/c1-2-21-17(20-19(10-11-19)18(21)23)14-8-6-13(7-9-14)15-4-3-5-16(22)12-15/h3-9,12,22H,2,10-11H2,1H3. The number of likely N-dealkylation sites (N-methyl/N-ethyl adjacent to an activating group) is 1. The van der Waals surface area contributed by atoms with Gasteiger partial charge in [0.15, 0.2) is 0 Å². The Morgan fingerprint density at radius 2 is 1.78 bits per heavy atom. The Hall–Kier alpha value is -2.62. The topological polar surface area (TPSA) is 52.9 Å².